The van der Waals surface area contributed by atoms with Crippen LogP contribution in [0, 0.1) is 0 Å². The van der Waals surface area contributed by atoms with E-state index >= 15 is 0 Å². The van der Waals surface area contributed by atoms with Crippen LogP contribution in [0.2, 0.25) is 0 Å². The summed E-state index contributed by atoms with van der Waals surface area (Å²) < 4.78 is 29.6. The highest BCUT2D eigenvalue weighted by atomic mass is 32.2. The van der Waals surface area contributed by atoms with E-state index in [1.807, 2.05) is 0 Å². The average Bonchev–Trinajstić information content (AvgIpc) is 2.18. The van der Waals surface area contributed by atoms with Gasteiger partial charge < -0.3 is 4.74 Å². The third-order valence-corrected chi connectivity index (χ3v) is 4.37. The van der Waals surface area contributed by atoms with E-state index in [-0.39, 0.29) is 11.9 Å². The van der Waals surface area contributed by atoms with Gasteiger partial charge in [0, 0.05) is 20.2 Å². The first-order chi connectivity index (χ1) is 6.10. The Labute approximate surface area is 79.9 Å². The molecule has 4 nitrogen and oxygen atoms in total. The van der Waals surface area contributed by atoms with Gasteiger partial charge in [-0.25, -0.2) is 12.7 Å². The van der Waals surface area contributed by atoms with Crippen LogP contribution < -0.4 is 0 Å². The highest BCUT2D eigenvalue weighted by Gasteiger charge is 2.26. The van der Waals surface area contributed by atoms with Crippen LogP contribution >= 0.6 is 0 Å². The van der Waals surface area contributed by atoms with Gasteiger partial charge in [0.05, 0.1) is 11.9 Å². The topological polar surface area (TPSA) is 46.6 Å². The van der Waals surface area contributed by atoms with E-state index in [0.717, 1.165) is 12.8 Å². The Bertz CT molecular complexity index is 242. The number of hydrogen-bond donors (Lipinski definition) is 0. The molecule has 78 valence electrons. The molecule has 1 saturated heterocycles. The summed E-state index contributed by atoms with van der Waals surface area (Å²) in [4.78, 5) is 0. The lowest BCUT2D eigenvalue weighted by atomic mass is 10.1. The van der Waals surface area contributed by atoms with Crippen molar-refractivity contribution in [1.29, 1.82) is 0 Å². The first-order valence-corrected chi connectivity index (χ1v) is 6.21. The van der Waals surface area contributed by atoms with Crippen molar-refractivity contribution in [3.05, 3.63) is 0 Å². The van der Waals surface area contributed by atoms with Gasteiger partial charge in [0.1, 0.15) is 0 Å². The third kappa shape index (κ3) is 2.65. The molecule has 0 radical (unpaired) electrons. The van der Waals surface area contributed by atoms with Crippen molar-refractivity contribution in [3.8, 4) is 0 Å². The van der Waals surface area contributed by atoms with Crippen LogP contribution in [-0.4, -0.2) is 44.8 Å². The molecule has 0 amide bonds. The molecule has 0 bridgehead atoms. The van der Waals surface area contributed by atoms with Gasteiger partial charge in [0.2, 0.25) is 10.0 Å². The molecule has 13 heavy (non-hydrogen) atoms. The lowest BCUT2D eigenvalue weighted by Crippen LogP contribution is -2.41. The molecule has 1 fully saturated rings. The predicted octanol–water partition coefficient (Wildman–Crippen LogP) is 0.447. The van der Waals surface area contributed by atoms with Gasteiger partial charge in [-0.05, 0) is 19.8 Å². The van der Waals surface area contributed by atoms with Crippen LogP contribution in [0.4, 0.5) is 0 Å². The van der Waals surface area contributed by atoms with Gasteiger partial charge in [-0.3, -0.25) is 0 Å². The smallest absolute Gasteiger partial charge is 0.213 e. The van der Waals surface area contributed by atoms with Crippen molar-refractivity contribution in [2.45, 2.75) is 25.9 Å². The molecule has 0 aliphatic carbocycles. The molecule has 0 saturated carbocycles. The summed E-state index contributed by atoms with van der Waals surface area (Å²) in [5, 5.41) is 0. The lowest BCUT2D eigenvalue weighted by molar-refractivity contribution is 0.0605. The van der Waals surface area contributed by atoms with E-state index in [9.17, 15) is 8.42 Å². The molecule has 5 heteroatoms. The Hall–Kier alpha value is -0.130. The molecule has 0 aromatic carbocycles. The van der Waals surface area contributed by atoms with Gasteiger partial charge in [0.25, 0.3) is 0 Å². The minimum atomic E-state index is -2.98. The molecular weight excluding hydrogens is 190 g/mol. The maximum Gasteiger partial charge on any atom is 0.213 e. The summed E-state index contributed by atoms with van der Waals surface area (Å²) >= 11 is 0. The summed E-state index contributed by atoms with van der Waals surface area (Å²) in [5.74, 6) is 0.199. The Morgan fingerprint density at radius 3 is 2.31 bits per heavy atom. The summed E-state index contributed by atoms with van der Waals surface area (Å²) in [6, 6.07) is 0. The molecule has 1 heterocycles. The largest absolute Gasteiger partial charge is 0.381 e. The molecule has 0 aromatic rings. The minimum absolute atomic E-state index is 0.199. The molecule has 1 rings (SSSR count). The first-order valence-electron chi connectivity index (χ1n) is 4.60. The second-order valence-electron chi connectivity index (χ2n) is 3.23. The van der Waals surface area contributed by atoms with Gasteiger partial charge in [-0.15, -0.1) is 0 Å². The molecule has 0 N–H and O–H groups in total. The molecule has 0 unspecified atom stereocenters. The number of hydrogen-bond acceptors (Lipinski definition) is 3. The highest BCUT2D eigenvalue weighted by Crippen LogP contribution is 2.15. The monoisotopic (exact) mass is 207 g/mol. The van der Waals surface area contributed by atoms with E-state index in [1.165, 1.54) is 0 Å². The highest BCUT2D eigenvalue weighted by molar-refractivity contribution is 7.89. The fourth-order valence-corrected chi connectivity index (χ4v) is 2.66. The second-order valence-corrected chi connectivity index (χ2v) is 5.49. The van der Waals surface area contributed by atoms with E-state index < -0.39 is 10.0 Å². The SMILES string of the molecule is CCS(=O)(=O)N1CCC(OC)CC1. The van der Waals surface area contributed by atoms with Crippen LogP contribution in [0.1, 0.15) is 19.8 Å². The number of sulfonamides is 1. The quantitative estimate of drug-likeness (QED) is 0.675. The molecule has 0 spiro atoms. The van der Waals surface area contributed by atoms with Crippen molar-refractivity contribution in [3.63, 3.8) is 0 Å². The number of methoxy groups -OCH3 is 1. The van der Waals surface area contributed by atoms with Crippen LogP contribution in [0.15, 0.2) is 0 Å². The average molecular weight is 207 g/mol. The van der Waals surface area contributed by atoms with Crippen molar-refractivity contribution >= 4 is 10.0 Å². The zero-order chi connectivity index (χ0) is 9.90. The van der Waals surface area contributed by atoms with E-state index in [4.69, 9.17) is 4.74 Å². The molecule has 1 aliphatic heterocycles. The number of rotatable bonds is 3. The summed E-state index contributed by atoms with van der Waals surface area (Å²) in [6.07, 6.45) is 1.87. The van der Waals surface area contributed by atoms with Crippen molar-refractivity contribution < 1.29 is 13.2 Å². The molecule has 0 aromatic heterocycles. The second kappa shape index (κ2) is 4.39. The third-order valence-electron chi connectivity index (χ3n) is 2.49. The van der Waals surface area contributed by atoms with E-state index in [0.29, 0.717) is 13.1 Å². The Balaban J connectivity index is 2.50. The molecular formula is C8H17NO3S. The number of ether oxygens (including phenoxy) is 1. The lowest BCUT2D eigenvalue weighted by Gasteiger charge is -2.29. The van der Waals surface area contributed by atoms with E-state index in [1.54, 1.807) is 18.3 Å². The molecule has 0 atom stereocenters. The summed E-state index contributed by atoms with van der Waals surface area (Å²) in [7, 11) is -1.30. The maximum atomic E-state index is 11.4. The zero-order valence-electron chi connectivity index (χ0n) is 8.19. The first kappa shape index (κ1) is 10.9. The number of nitrogens with zero attached hydrogens (tertiary/aromatic N) is 1. The number of piperidine rings is 1. The Kier molecular flexibility index (Phi) is 3.70. The fourth-order valence-electron chi connectivity index (χ4n) is 1.53. The van der Waals surface area contributed by atoms with Gasteiger partial charge in [-0.2, -0.15) is 0 Å². The van der Waals surface area contributed by atoms with Crippen molar-refractivity contribution in [2.24, 2.45) is 0 Å². The predicted molar refractivity (Wildman–Crippen MR) is 51.1 cm³/mol. The summed E-state index contributed by atoms with van der Waals surface area (Å²) in [6.45, 7) is 2.89. The maximum absolute atomic E-state index is 11.4. The standard InChI is InChI=1S/C8H17NO3S/c1-3-13(10,11)9-6-4-8(12-2)5-7-9/h8H,3-7H2,1-2H3. The fraction of sp³-hybridized carbons (Fsp3) is 1.00. The van der Waals surface area contributed by atoms with Crippen LogP contribution in [0.3, 0.4) is 0 Å². The summed E-state index contributed by atoms with van der Waals surface area (Å²) in [5.41, 5.74) is 0. The van der Waals surface area contributed by atoms with Crippen molar-refractivity contribution in [1.82, 2.24) is 4.31 Å². The van der Waals surface area contributed by atoms with Gasteiger partial charge in [-0.1, -0.05) is 0 Å². The van der Waals surface area contributed by atoms with Gasteiger partial charge in [0.15, 0.2) is 0 Å². The van der Waals surface area contributed by atoms with Crippen molar-refractivity contribution in [2.75, 3.05) is 26.0 Å². The minimum Gasteiger partial charge on any atom is -0.381 e. The molecule has 1 aliphatic rings. The normalized spacial score (nSPS) is 22.0. The Morgan fingerprint density at radius 2 is 1.92 bits per heavy atom. The van der Waals surface area contributed by atoms with Crippen LogP contribution in [0.25, 0.3) is 0 Å². The zero-order valence-corrected chi connectivity index (χ0v) is 9.01. The Morgan fingerprint density at radius 1 is 1.38 bits per heavy atom. The van der Waals surface area contributed by atoms with E-state index in [2.05, 4.69) is 0 Å². The van der Waals surface area contributed by atoms with Crippen LogP contribution in [-0.2, 0) is 14.8 Å². The van der Waals surface area contributed by atoms with Crippen LogP contribution in [0.5, 0.6) is 0 Å². The van der Waals surface area contributed by atoms with Gasteiger partial charge >= 0.3 is 0 Å².